The zero-order valence-electron chi connectivity index (χ0n) is 17.2. The molecule has 1 saturated heterocycles. The maximum Gasteiger partial charge on any atom is 0.256 e. The fraction of sp³-hybridized carbons (Fsp3) is 0.619. The molecular weight excluding hydrogens is 364 g/mol. The molecule has 1 aromatic carbocycles. The summed E-state index contributed by atoms with van der Waals surface area (Å²) < 4.78 is 26.8. The van der Waals surface area contributed by atoms with Gasteiger partial charge in [-0.25, -0.2) is 8.78 Å². The first-order valence-electron chi connectivity index (χ1n) is 9.98. The fourth-order valence-corrected chi connectivity index (χ4v) is 3.74. The number of carbonyl (C=O) groups is 2. The van der Waals surface area contributed by atoms with E-state index in [4.69, 9.17) is 0 Å². The smallest absolute Gasteiger partial charge is 0.256 e. The molecule has 1 aliphatic heterocycles. The second-order valence-electron chi connectivity index (χ2n) is 7.91. The van der Waals surface area contributed by atoms with Crippen molar-refractivity contribution in [1.29, 1.82) is 0 Å². The summed E-state index contributed by atoms with van der Waals surface area (Å²) in [6.45, 7) is 10.7. The molecule has 0 unspecified atom stereocenters. The van der Waals surface area contributed by atoms with Crippen LogP contribution in [0.4, 0.5) is 8.78 Å². The number of halogens is 2. The molecule has 0 radical (unpaired) electrons. The molecule has 0 bridgehead atoms. The van der Waals surface area contributed by atoms with E-state index in [0.717, 1.165) is 12.6 Å². The molecule has 1 heterocycles. The summed E-state index contributed by atoms with van der Waals surface area (Å²) in [4.78, 5) is 28.7. The Balaban J connectivity index is 1.81. The third-order valence-electron chi connectivity index (χ3n) is 5.31. The summed E-state index contributed by atoms with van der Waals surface area (Å²) in [5, 5.41) is 3.00. The minimum absolute atomic E-state index is 0.00697. The van der Waals surface area contributed by atoms with Gasteiger partial charge in [0.05, 0.1) is 5.56 Å². The van der Waals surface area contributed by atoms with E-state index in [0.29, 0.717) is 50.6 Å². The van der Waals surface area contributed by atoms with Crippen LogP contribution in [0.1, 0.15) is 50.9 Å². The van der Waals surface area contributed by atoms with Crippen molar-refractivity contribution < 1.29 is 18.4 Å². The summed E-state index contributed by atoms with van der Waals surface area (Å²) in [5.41, 5.74) is -0.133. The summed E-state index contributed by atoms with van der Waals surface area (Å²) in [6.07, 6.45) is 1.08. The van der Waals surface area contributed by atoms with Crippen molar-refractivity contribution in [2.75, 3.05) is 26.2 Å². The quantitative estimate of drug-likeness (QED) is 0.772. The Kier molecular flexibility index (Phi) is 7.92. The van der Waals surface area contributed by atoms with Crippen LogP contribution in [0.25, 0.3) is 0 Å². The van der Waals surface area contributed by atoms with Gasteiger partial charge in [0.25, 0.3) is 5.91 Å². The normalized spacial score (nSPS) is 15.5. The van der Waals surface area contributed by atoms with Gasteiger partial charge in [-0.3, -0.25) is 14.5 Å². The zero-order valence-corrected chi connectivity index (χ0v) is 17.2. The number of benzene rings is 1. The number of nitrogens with one attached hydrogen (secondary N) is 1. The van der Waals surface area contributed by atoms with Crippen LogP contribution in [0.15, 0.2) is 18.2 Å². The number of hydrogen-bond acceptors (Lipinski definition) is 3. The number of amides is 2. The number of likely N-dealkylation sites (tertiary alicyclic amines) is 1. The van der Waals surface area contributed by atoms with E-state index >= 15 is 0 Å². The highest BCUT2D eigenvalue weighted by Crippen LogP contribution is 2.20. The van der Waals surface area contributed by atoms with Gasteiger partial charge in [-0.15, -0.1) is 0 Å². The summed E-state index contributed by atoms with van der Waals surface area (Å²) in [6, 6.07) is 3.79. The second kappa shape index (κ2) is 9.96. The van der Waals surface area contributed by atoms with Gasteiger partial charge >= 0.3 is 0 Å². The molecule has 28 heavy (non-hydrogen) atoms. The lowest BCUT2D eigenvalue weighted by Gasteiger charge is -2.32. The van der Waals surface area contributed by atoms with Gasteiger partial charge in [0, 0.05) is 50.2 Å². The van der Waals surface area contributed by atoms with Crippen molar-refractivity contribution in [2.24, 2.45) is 5.92 Å². The zero-order chi connectivity index (χ0) is 20.8. The first-order valence-corrected chi connectivity index (χ1v) is 9.98. The van der Waals surface area contributed by atoms with Crippen LogP contribution in [-0.2, 0) is 4.79 Å². The van der Waals surface area contributed by atoms with Crippen LogP contribution in [0, 0.1) is 17.6 Å². The van der Waals surface area contributed by atoms with E-state index in [1.165, 1.54) is 11.0 Å². The first-order chi connectivity index (χ1) is 13.2. The minimum Gasteiger partial charge on any atom is -0.355 e. The van der Waals surface area contributed by atoms with Gasteiger partial charge in [-0.05, 0) is 52.7 Å². The Hall–Kier alpha value is -2.02. The van der Waals surface area contributed by atoms with Crippen LogP contribution in [-0.4, -0.2) is 59.9 Å². The standard InChI is InChI=1S/C21H31F2N3O2/c1-14(2)26(15(3)4)12-9-24-20(27)16-7-10-25(11-8-16)21(28)18-6-5-17(22)13-19(18)23/h5-6,13-16H,7-12H2,1-4H3,(H,24,27). The molecule has 1 aliphatic rings. The molecule has 1 fully saturated rings. The molecule has 7 heteroatoms. The molecule has 0 aliphatic carbocycles. The van der Waals surface area contributed by atoms with Gasteiger partial charge in [-0.2, -0.15) is 0 Å². The topological polar surface area (TPSA) is 52.7 Å². The Bertz CT molecular complexity index is 678. The average molecular weight is 395 g/mol. The maximum absolute atomic E-state index is 13.8. The lowest BCUT2D eigenvalue weighted by atomic mass is 9.95. The lowest BCUT2D eigenvalue weighted by molar-refractivity contribution is -0.126. The van der Waals surface area contributed by atoms with Crippen LogP contribution < -0.4 is 5.32 Å². The third-order valence-corrected chi connectivity index (χ3v) is 5.31. The van der Waals surface area contributed by atoms with Crippen molar-refractivity contribution in [3.05, 3.63) is 35.4 Å². The molecule has 5 nitrogen and oxygen atoms in total. The Morgan fingerprint density at radius 2 is 1.75 bits per heavy atom. The average Bonchev–Trinajstić information content (AvgIpc) is 2.64. The molecule has 1 aromatic rings. The van der Waals surface area contributed by atoms with Crippen molar-refractivity contribution in [2.45, 2.75) is 52.6 Å². The third kappa shape index (κ3) is 5.74. The maximum atomic E-state index is 13.8. The van der Waals surface area contributed by atoms with Crippen molar-refractivity contribution >= 4 is 11.8 Å². The highest BCUT2D eigenvalue weighted by molar-refractivity contribution is 5.94. The van der Waals surface area contributed by atoms with Crippen LogP contribution in [0.2, 0.25) is 0 Å². The molecule has 156 valence electrons. The van der Waals surface area contributed by atoms with Crippen molar-refractivity contribution in [3.63, 3.8) is 0 Å². The monoisotopic (exact) mass is 395 g/mol. The predicted octanol–water partition coefficient (Wildman–Crippen LogP) is 3.05. The van der Waals surface area contributed by atoms with Crippen molar-refractivity contribution in [3.8, 4) is 0 Å². The molecule has 0 aromatic heterocycles. The molecule has 2 rings (SSSR count). The van der Waals surface area contributed by atoms with E-state index in [2.05, 4.69) is 37.9 Å². The Morgan fingerprint density at radius 3 is 2.29 bits per heavy atom. The van der Waals surface area contributed by atoms with E-state index in [1.807, 2.05) is 0 Å². The molecule has 1 N–H and O–H groups in total. The van der Waals surface area contributed by atoms with Gasteiger partial charge in [-0.1, -0.05) is 0 Å². The molecule has 0 atom stereocenters. The number of piperidine rings is 1. The van der Waals surface area contributed by atoms with Gasteiger partial charge in [0.2, 0.25) is 5.91 Å². The van der Waals surface area contributed by atoms with E-state index in [1.54, 1.807) is 0 Å². The largest absolute Gasteiger partial charge is 0.355 e. The first kappa shape index (κ1) is 22.3. The molecule has 0 spiro atoms. The predicted molar refractivity (Wildman–Crippen MR) is 105 cm³/mol. The Morgan fingerprint density at radius 1 is 1.14 bits per heavy atom. The van der Waals surface area contributed by atoms with Crippen LogP contribution in [0.5, 0.6) is 0 Å². The number of hydrogen-bond donors (Lipinski definition) is 1. The Labute approximate surface area is 166 Å². The van der Waals surface area contributed by atoms with Gasteiger partial charge in [0.1, 0.15) is 11.6 Å². The van der Waals surface area contributed by atoms with Gasteiger partial charge < -0.3 is 10.2 Å². The number of nitrogens with zero attached hydrogens (tertiary/aromatic N) is 2. The lowest BCUT2D eigenvalue weighted by Crippen LogP contribution is -2.46. The summed E-state index contributed by atoms with van der Waals surface area (Å²) >= 11 is 0. The second-order valence-corrected chi connectivity index (χ2v) is 7.91. The highest BCUT2D eigenvalue weighted by atomic mass is 19.1. The molecule has 0 saturated carbocycles. The summed E-state index contributed by atoms with van der Waals surface area (Å²) in [5.74, 6) is -2.16. The van der Waals surface area contributed by atoms with Gasteiger partial charge in [0.15, 0.2) is 0 Å². The highest BCUT2D eigenvalue weighted by Gasteiger charge is 2.29. The van der Waals surface area contributed by atoms with Crippen LogP contribution >= 0.6 is 0 Å². The minimum atomic E-state index is -0.857. The summed E-state index contributed by atoms with van der Waals surface area (Å²) in [7, 11) is 0. The van der Waals surface area contributed by atoms with E-state index in [9.17, 15) is 18.4 Å². The van der Waals surface area contributed by atoms with E-state index in [-0.39, 0.29) is 17.4 Å². The van der Waals surface area contributed by atoms with Crippen LogP contribution in [0.3, 0.4) is 0 Å². The fourth-order valence-electron chi connectivity index (χ4n) is 3.74. The molecular formula is C21H31F2N3O2. The number of rotatable bonds is 7. The SMILES string of the molecule is CC(C)N(CCNC(=O)C1CCN(C(=O)c2ccc(F)cc2F)CC1)C(C)C. The number of carbonyl (C=O) groups excluding carboxylic acids is 2. The molecule has 2 amide bonds. The van der Waals surface area contributed by atoms with Crippen molar-refractivity contribution in [1.82, 2.24) is 15.1 Å². The van der Waals surface area contributed by atoms with E-state index < -0.39 is 17.5 Å².